The first-order chi connectivity index (χ1) is 24.2. The van der Waals surface area contributed by atoms with Crippen LogP contribution >= 0.6 is 0 Å². The molecule has 10 heteroatoms. The van der Waals surface area contributed by atoms with Crippen molar-refractivity contribution in [2.45, 2.75) is 121 Å². The quantitative estimate of drug-likeness (QED) is 0.163. The van der Waals surface area contributed by atoms with Crippen molar-refractivity contribution in [3.05, 3.63) is 36.4 Å². The highest BCUT2D eigenvalue weighted by atomic mass is 32.2. The van der Waals surface area contributed by atoms with Gasteiger partial charge in [0, 0.05) is 50.1 Å². The van der Waals surface area contributed by atoms with E-state index in [4.69, 9.17) is 0 Å². The summed E-state index contributed by atoms with van der Waals surface area (Å²) in [5, 5.41) is 38.4. The number of anilines is 1. The number of sulfonamides is 1. The molecule has 6 rings (SSSR count). The molecule has 51 heavy (non-hydrogen) atoms. The molecule has 0 unspecified atom stereocenters. The third-order valence-corrected chi connectivity index (χ3v) is 16.0. The Hall–Kier alpha value is -2.24. The molecule has 0 aliphatic heterocycles. The normalized spacial score (nSPS) is 35.5. The first kappa shape index (κ1) is 38.5. The zero-order valence-electron chi connectivity index (χ0n) is 31.5. The maximum absolute atomic E-state index is 13.2. The van der Waals surface area contributed by atoms with E-state index in [1.807, 2.05) is 43.3 Å². The molecule has 0 radical (unpaired) electrons. The molecular weight excluding hydrogens is 663 g/mol. The highest BCUT2D eigenvalue weighted by Gasteiger charge is 2.65. The minimum atomic E-state index is -3.67. The Balaban J connectivity index is 0.933. The predicted octanol–water partition coefficient (Wildman–Crippen LogP) is 5.85. The zero-order chi connectivity index (χ0) is 36.7. The molecule has 0 bridgehead atoms. The fourth-order valence-corrected chi connectivity index (χ4v) is 12.9. The van der Waals surface area contributed by atoms with Crippen molar-refractivity contribution in [1.29, 1.82) is 0 Å². The molecule has 4 aliphatic rings. The van der Waals surface area contributed by atoms with E-state index in [-0.39, 0.29) is 57.5 Å². The first-order valence-electron chi connectivity index (χ1n) is 19.7. The van der Waals surface area contributed by atoms with E-state index < -0.39 is 16.1 Å². The molecule has 4 aliphatic carbocycles. The van der Waals surface area contributed by atoms with E-state index in [1.165, 1.54) is 0 Å². The molecule has 2 aromatic rings. The van der Waals surface area contributed by atoms with Gasteiger partial charge in [0.1, 0.15) is 0 Å². The van der Waals surface area contributed by atoms with Crippen molar-refractivity contribution in [2.24, 2.45) is 46.3 Å². The number of rotatable bonds is 13. The van der Waals surface area contributed by atoms with Crippen molar-refractivity contribution in [3.8, 4) is 0 Å². The van der Waals surface area contributed by atoms with Crippen LogP contribution in [-0.4, -0.2) is 75.1 Å². The van der Waals surface area contributed by atoms with E-state index in [1.54, 1.807) is 12.1 Å². The molecule has 1 amide bonds. The number of benzene rings is 2. The summed E-state index contributed by atoms with van der Waals surface area (Å²) in [4.78, 5) is 15.1. The second-order valence-corrected chi connectivity index (χ2v) is 19.1. The SMILES string of the molecule is C[C@H](CCC(=O)NCCCCCNS(=O)(=O)c1cccc2c(N(C)C)cccc12)[C@H]1CC[C@H]2[C@@H]3[C@H](O)C[C@@H]4C[C@H](O)CC[C@]4(C)[C@H]3C[C@H](O)[C@]12C. The number of fused-ring (bicyclic) bond motifs is 6. The van der Waals surface area contributed by atoms with Crippen molar-refractivity contribution in [2.75, 3.05) is 32.1 Å². The number of carbonyl (C=O) groups is 1. The number of unbranched alkanes of at least 4 members (excludes halogenated alkanes) is 2. The van der Waals surface area contributed by atoms with Gasteiger partial charge in [0.05, 0.1) is 23.2 Å². The van der Waals surface area contributed by atoms with Gasteiger partial charge in [0.15, 0.2) is 0 Å². The lowest BCUT2D eigenvalue weighted by Gasteiger charge is -2.63. The first-order valence-corrected chi connectivity index (χ1v) is 21.2. The van der Waals surface area contributed by atoms with Crippen LogP contribution in [0.4, 0.5) is 5.69 Å². The number of hydrogen-bond acceptors (Lipinski definition) is 7. The summed E-state index contributed by atoms with van der Waals surface area (Å²) in [7, 11) is 0.225. The largest absolute Gasteiger partial charge is 0.393 e. The second-order valence-electron chi connectivity index (χ2n) is 17.4. The minimum absolute atomic E-state index is 0.0423. The van der Waals surface area contributed by atoms with Gasteiger partial charge in [0.25, 0.3) is 0 Å². The van der Waals surface area contributed by atoms with Crippen molar-refractivity contribution < 1.29 is 28.5 Å². The Morgan fingerprint density at radius 1 is 0.922 bits per heavy atom. The van der Waals surface area contributed by atoms with Gasteiger partial charge in [-0.25, -0.2) is 13.1 Å². The molecule has 0 heterocycles. The number of carbonyl (C=O) groups excluding carboxylic acids is 1. The van der Waals surface area contributed by atoms with Crippen LogP contribution in [0.2, 0.25) is 0 Å². The van der Waals surface area contributed by atoms with Crippen molar-refractivity contribution in [3.63, 3.8) is 0 Å². The average Bonchev–Trinajstić information content (AvgIpc) is 3.45. The number of nitrogens with zero attached hydrogens (tertiary/aromatic N) is 1. The Bertz CT molecular complexity index is 1650. The van der Waals surface area contributed by atoms with Crippen LogP contribution in [0.3, 0.4) is 0 Å². The fourth-order valence-electron chi connectivity index (χ4n) is 11.6. The number of hydrogen-bond donors (Lipinski definition) is 5. The lowest BCUT2D eigenvalue weighted by molar-refractivity contribution is -0.207. The highest BCUT2D eigenvalue weighted by molar-refractivity contribution is 7.89. The predicted molar refractivity (Wildman–Crippen MR) is 203 cm³/mol. The van der Waals surface area contributed by atoms with Gasteiger partial charge >= 0.3 is 0 Å². The zero-order valence-corrected chi connectivity index (χ0v) is 32.3. The smallest absolute Gasteiger partial charge is 0.241 e. The lowest BCUT2D eigenvalue weighted by atomic mass is 9.43. The van der Waals surface area contributed by atoms with Crippen LogP contribution in [0.1, 0.15) is 97.8 Å². The Morgan fingerprint density at radius 2 is 1.65 bits per heavy atom. The van der Waals surface area contributed by atoms with E-state index >= 15 is 0 Å². The molecule has 2 aromatic carbocycles. The van der Waals surface area contributed by atoms with E-state index in [0.29, 0.717) is 43.2 Å². The van der Waals surface area contributed by atoms with Gasteiger partial charge in [-0.3, -0.25) is 4.79 Å². The van der Waals surface area contributed by atoms with Gasteiger partial charge < -0.3 is 25.5 Å². The third-order valence-electron chi connectivity index (χ3n) is 14.4. The third kappa shape index (κ3) is 7.34. The molecule has 284 valence electrons. The summed E-state index contributed by atoms with van der Waals surface area (Å²) in [6.07, 6.45) is 8.50. The molecule has 4 saturated carbocycles. The molecule has 11 atom stereocenters. The van der Waals surface area contributed by atoms with Crippen LogP contribution in [0, 0.1) is 46.3 Å². The average molecular weight is 726 g/mol. The molecule has 0 saturated heterocycles. The Kier molecular flexibility index (Phi) is 11.5. The summed E-state index contributed by atoms with van der Waals surface area (Å²) >= 11 is 0. The number of aliphatic hydroxyl groups is 3. The number of nitrogens with one attached hydrogen (secondary N) is 2. The van der Waals surface area contributed by atoms with Gasteiger partial charge in [-0.1, -0.05) is 51.5 Å². The van der Waals surface area contributed by atoms with Crippen LogP contribution in [-0.2, 0) is 14.8 Å². The van der Waals surface area contributed by atoms with E-state index in [0.717, 1.165) is 75.3 Å². The monoisotopic (exact) mass is 725 g/mol. The number of amides is 1. The van der Waals surface area contributed by atoms with Crippen molar-refractivity contribution >= 4 is 32.4 Å². The molecule has 4 fully saturated rings. The maximum atomic E-state index is 13.2. The number of aliphatic hydroxyl groups excluding tert-OH is 3. The van der Waals surface area contributed by atoms with Crippen LogP contribution in [0.25, 0.3) is 10.8 Å². The van der Waals surface area contributed by atoms with Gasteiger partial charge in [-0.05, 0) is 123 Å². The van der Waals surface area contributed by atoms with Gasteiger partial charge in [-0.2, -0.15) is 0 Å². The van der Waals surface area contributed by atoms with Crippen LogP contribution in [0.5, 0.6) is 0 Å². The summed E-state index contributed by atoms with van der Waals surface area (Å²) in [5.41, 5.74) is 0.772. The molecule has 5 N–H and O–H groups in total. The maximum Gasteiger partial charge on any atom is 0.241 e. The second kappa shape index (κ2) is 15.2. The molecule has 9 nitrogen and oxygen atoms in total. The minimum Gasteiger partial charge on any atom is -0.393 e. The molecular formula is C41H63N3O6S. The summed E-state index contributed by atoms with van der Waals surface area (Å²) in [6.45, 7) is 7.78. The molecule has 0 spiro atoms. The van der Waals surface area contributed by atoms with Gasteiger partial charge in [-0.15, -0.1) is 0 Å². The van der Waals surface area contributed by atoms with Crippen molar-refractivity contribution in [1.82, 2.24) is 10.0 Å². The Labute approximate surface area is 306 Å². The van der Waals surface area contributed by atoms with Crippen LogP contribution in [0.15, 0.2) is 41.3 Å². The van der Waals surface area contributed by atoms with E-state index in [2.05, 4.69) is 30.8 Å². The topological polar surface area (TPSA) is 139 Å². The summed E-state index contributed by atoms with van der Waals surface area (Å²) < 4.78 is 29.1. The highest BCUT2D eigenvalue weighted by Crippen LogP contribution is 2.68. The van der Waals surface area contributed by atoms with Crippen LogP contribution < -0.4 is 14.9 Å². The van der Waals surface area contributed by atoms with E-state index in [9.17, 15) is 28.5 Å². The standard InChI is InChI=1S/C41H63N3O6S/c1-26(31-16-17-32-39-33(25-37(47)41(31,32)3)40(2)20-19-28(45)23-27(40)24-35(39)46)15-18-38(48)42-21-7-6-8-22-43-51(49,50)36-14-10-11-29-30(36)12-9-13-34(29)44(4)5/h9-14,26-28,31-33,35,37,39,43,45-47H,6-8,15-25H2,1-5H3,(H,42,48)/t26-,27+,28-,31-,32+,33+,35-,37+,39+,40+,41-/m1/s1. The van der Waals surface area contributed by atoms with Gasteiger partial charge in [0.2, 0.25) is 15.9 Å². The lowest BCUT2D eigenvalue weighted by Crippen LogP contribution is -2.62. The fraction of sp³-hybridized carbons (Fsp3) is 0.732. The summed E-state index contributed by atoms with van der Waals surface area (Å²) in [6, 6.07) is 11.1. The molecule has 0 aromatic heterocycles. The summed E-state index contributed by atoms with van der Waals surface area (Å²) in [5.74, 6) is 1.71. The Morgan fingerprint density at radius 3 is 2.41 bits per heavy atom.